The van der Waals surface area contributed by atoms with Gasteiger partial charge in [-0.25, -0.2) is 0 Å². The van der Waals surface area contributed by atoms with Crippen LogP contribution in [0.4, 0.5) is 0 Å². The molecule has 4 unspecified atom stereocenters. The van der Waals surface area contributed by atoms with Gasteiger partial charge in [0.05, 0.1) is 6.04 Å². The number of hydrogen-bond donors (Lipinski definition) is 1. The van der Waals surface area contributed by atoms with Crippen LogP contribution in [-0.2, 0) is 6.42 Å². The summed E-state index contributed by atoms with van der Waals surface area (Å²) in [6.07, 6.45) is 7.59. The van der Waals surface area contributed by atoms with E-state index in [9.17, 15) is 0 Å². The van der Waals surface area contributed by atoms with Crippen molar-refractivity contribution in [1.82, 2.24) is 5.32 Å². The fourth-order valence-corrected chi connectivity index (χ4v) is 11.6. The summed E-state index contributed by atoms with van der Waals surface area (Å²) < 4.78 is 6.68. The summed E-state index contributed by atoms with van der Waals surface area (Å²) in [5.41, 5.74) is 20.5. The van der Waals surface area contributed by atoms with Crippen molar-refractivity contribution in [1.29, 1.82) is 0 Å². The number of hydrogen-bond acceptors (Lipinski definition) is 4. The zero-order valence-corrected chi connectivity index (χ0v) is 39.3. The topological polar surface area (TPSA) is 49.9 Å². The Hall–Kier alpha value is -7.82. The Balaban J connectivity index is 0.972. The minimum Gasteiger partial charge on any atom is -0.456 e. The molecule has 12 rings (SSSR count). The maximum Gasteiger partial charge on any atom is 0.135 e. The van der Waals surface area contributed by atoms with Gasteiger partial charge in [-0.15, -0.1) is 0 Å². The summed E-state index contributed by atoms with van der Waals surface area (Å²) in [5.74, 6) is 1.38. The average Bonchev–Trinajstić information content (AvgIpc) is 3.70. The molecular formula is C65H55N3O. The Morgan fingerprint density at radius 2 is 1.25 bits per heavy atom. The zero-order valence-electron chi connectivity index (χ0n) is 39.3. The molecule has 336 valence electrons. The van der Waals surface area contributed by atoms with Crippen LogP contribution in [0.25, 0.3) is 49.9 Å². The van der Waals surface area contributed by atoms with Crippen molar-refractivity contribution in [2.75, 3.05) is 0 Å². The molecule has 1 aromatic heterocycles. The molecule has 1 aliphatic carbocycles. The van der Waals surface area contributed by atoms with Crippen LogP contribution in [-0.4, -0.2) is 11.5 Å². The smallest absolute Gasteiger partial charge is 0.135 e. The van der Waals surface area contributed by atoms with Gasteiger partial charge in [0.25, 0.3) is 0 Å². The third-order valence-electron chi connectivity index (χ3n) is 15.0. The molecule has 0 amide bonds. The molecule has 0 spiro atoms. The van der Waals surface area contributed by atoms with Gasteiger partial charge in [-0.05, 0) is 125 Å². The van der Waals surface area contributed by atoms with Crippen molar-refractivity contribution in [3.8, 4) is 22.3 Å². The van der Waals surface area contributed by atoms with E-state index in [1.807, 2.05) is 0 Å². The molecule has 4 atom stereocenters. The first kappa shape index (κ1) is 42.5. The molecule has 3 heterocycles. The number of furan rings is 1. The van der Waals surface area contributed by atoms with E-state index in [0.717, 1.165) is 82.3 Å². The highest BCUT2D eigenvalue weighted by Crippen LogP contribution is 2.50. The van der Waals surface area contributed by atoms with Gasteiger partial charge in [-0.2, -0.15) is 0 Å². The van der Waals surface area contributed by atoms with Crippen LogP contribution in [0, 0.1) is 5.92 Å². The van der Waals surface area contributed by atoms with Crippen molar-refractivity contribution in [2.24, 2.45) is 15.9 Å². The zero-order chi connectivity index (χ0) is 46.3. The highest BCUT2D eigenvalue weighted by Gasteiger charge is 2.35. The third kappa shape index (κ3) is 7.94. The van der Waals surface area contributed by atoms with Crippen LogP contribution in [0.1, 0.15) is 96.5 Å². The van der Waals surface area contributed by atoms with Crippen LogP contribution in [0.3, 0.4) is 0 Å². The van der Waals surface area contributed by atoms with Gasteiger partial charge >= 0.3 is 0 Å². The van der Waals surface area contributed by atoms with Gasteiger partial charge in [0.15, 0.2) is 0 Å². The molecule has 0 saturated heterocycles. The van der Waals surface area contributed by atoms with Gasteiger partial charge < -0.3 is 9.73 Å². The third-order valence-corrected chi connectivity index (χ3v) is 15.0. The first-order valence-corrected chi connectivity index (χ1v) is 24.8. The van der Waals surface area contributed by atoms with E-state index in [4.69, 9.17) is 14.4 Å². The van der Waals surface area contributed by atoms with E-state index >= 15 is 0 Å². The summed E-state index contributed by atoms with van der Waals surface area (Å²) in [5, 5.41) is 5.94. The fourth-order valence-electron chi connectivity index (χ4n) is 11.6. The number of nitrogens with one attached hydrogen (secondary N) is 1. The molecule has 4 heteroatoms. The molecule has 9 aromatic rings. The van der Waals surface area contributed by atoms with Gasteiger partial charge in [0.1, 0.15) is 23.0 Å². The monoisotopic (exact) mass is 893 g/mol. The van der Waals surface area contributed by atoms with Crippen molar-refractivity contribution in [2.45, 2.75) is 64.0 Å². The Bertz CT molecular complexity index is 3470. The fraction of sp³-hybridized carbons (Fsp3) is 0.169. The Morgan fingerprint density at radius 3 is 2.01 bits per heavy atom. The lowest BCUT2D eigenvalue weighted by Crippen LogP contribution is -2.29. The second kappa shape index (κ2) is 18.3. The van der Waals surface area contributed by atoms with Crippen molar-refractivity contribution >= 4 is 39.2 Å². The van der Waals surface area contributed by atoms with Gasteiger partial charge in [-0.3, -0.25) is 9.98 Å². The standard InChI is InChI=1S/C65H55N3O/c1-3-50-52(30-18-32-58(44-21-8-4-9-22-44)66-64(50)46-25-12-6-13-26-46)53-37-34-43-20-16-17-29-51(43)56-40-48(35-38-54(53)56)49-36-39-59-57(41-49)61-55(31-19-33-60(61)69-59)63-42(2)62(45-23-10-5-11-24-45)67-65(68-63)47-27-14-7-15-28-47/h4-17,19-31,33,35-36,38-41,50,53,63-64H,3,18,32,34,37H2,1-2H3,(H,67,68). The average molecular weight is 894 g/mol. The van der Waals surface area contributed by atoms with Crippen LogP contribution in [0.5, 0.6) is 0 Å². The molecule has 69 heavy (non-hydrogen) atoms. The van der Waals surface area contributed by atoms with Crippen LogP contribution < -0.4 is 5.32 Å². The molecule has 1 N–H and O–H groups in total. The molecule has 4 nitrogen and oxygen atoms in total. The first-order chi connectivity index (χ1) is 34.1. The predicted octanol–water partition coefficient (Wildman–Crippen LogP) is 16.4. The maximum atomic E-state index is 6.68. The van der Waals surface area contributed by atoms with E-state index in [-0.39, 0.29) is 23.9 Å². The Kier molecular flexibility index (Phi) is 11.3. The summed E-state index contributed by atoms with van der Waals surface area (Å²) >= 11 is 0. The highest BCUT2D eigenvalue weighted by atomic mass is 16.3. The second-order valence-corrected chi connectivity index (χ2v) is 18.9. The first-order valence-electron chi connectivity index (χ1n) is 24.8. The SMILES string of the molecule is CCC1C(C2CCc3ccccc3-c3cc(-c4ccc5oc6cccc(C7N=C(c8ccccc8)NC(c8ccccc8)=C7C)c6c5c4)ccc32)=CCCC(c2ccccc2)=NC1c1ccccc1. The van der Waals surface area contributed by atoms with Crippen LogP contribution in [0.2, 0.25) is 0 Å². The van der Waals surface area contributed by atoms with Crippen molar-refractivity contribution in [3.05, 3.63) is 256 Å². The molecular weight excluding hydrogens is 839 g/mol. The summed E-state index contributed by atoms with van der Waals surface area (Å²) in [7, 11) is 0. The summed E-state index contributed by atoms with van der Waals surface area (Å²) in [6, 6.07) is 72.3. The normalized spacial score (nSPS) is 19.3. The van der Waals surface area contributed by atoms with Crippen LogP contribution >= 0.6 is 0 Å². The molecule has 8 aromatic carbocycles. The number of aliphatic imine (C=N–C) groups is 2. The van der Waals surface area contributed by atoms with Crippen molar-refractivity contribution < 1.29 is 4.42 Å². The van der Waals surface area contributed by atoms with Gasteiger partial charge in [-0.1, -0.05) is 194 Å². The minimum absolute atomic E-state index is 0.0254. The molecule has 2 aliphatic heterocycles. The summed E-state index contributed by atoms with van der Waals surface area (Å²) in [6.45, 7) is 4.58. The van der Waals surface area contributed by atoms with E-state index in [1.165, 1.54) is 55.8 Å². The molecule has 0 bridgehead atoms. The lowest BCUT2D eigenvalue weighted by Gasteiger charge is -2.34. The predicted molar refractivity (Wildman–Crippen MR) is 287 cm³/mol. The molecule has 0 radical (unpaired) electrons. The number of benzene rings is 8. The molecule has 3 aliphatic rings. The van der Waals surface area contributed by atoms with E-state index in [2.05, 4.69) is 225 Å². The quantitative estimate of drug-likeness (QED) is 0.155. The van der Waals surface area contributed by atoms with E-state index < -0.39 is 0 Å². The Labute approximate surface area is 405 Å². The lowest BCUT2D eigenvalue weighted by atomic mass is 9.73. The highest BCUT2D eigenvalue weighted by molar-refractivity contribution is 6.10. The van der Waals surface area contributed by atoms with Gasteiger partial charge in [0.2, 0.25) is 0 Å². The second-order valence-electron chi connectivity index (χ2n) is 18.9. The number of rotatable bonds is 8. The number of amidine groups is 1. The minimum atomic E-state index is -0.225. The maximum absolute atomic E-state index is 6.68. The lowest BCUT2D eigenvalue weighted by molar-refractivity contribution is 0.444. The Morgan fingerprint density at radius 1 is 0.565 bits per heavy atom. The van der Waals surface area contributed by atoms with Crippen molar-refractivity contribution in [3.63, 3.8) is 0 Å². The molecule has 0 saturated carbocycles. The number of nitrogens with zero attached hydrogens (tertiary/aromatic N) is 2. The van der Waals surface area contributed by atoms with E-state index in [1.54, 1.807) is 5.57 Å². The number of fused-ring (bicyclic) bond motifs is 6. The molecule has 0 fully saturated rings. The number of allylic oxidation sites excluding steroid dienone is 1. The number of aryl methyl sites for hydroxylation is 1. The van der Waals surface area contributed by atoms with Crippen LogP contribution in [0.15, 0.2) is 232 Å². The summed E-state index contributed by atoms with van der Waals surface area (Å²) in [4.78, 5) is 11.2. The van der Waals surface area contributed by atoms with Gasteiger partial charge in [0, 0.05) is 39.6 Å². The van der Waals surface area contributed by atoms with E-state index in [0.29, 0.717) is 0 Å². The largest absolute Gasteiger partial charge is 0.456 e.